The lowest BCUT2D eigenvalue weighted by Crippen LogP contribution is -2.47. The van der Waals surface area contributed by atoms with Crippen molar-refractivity contribution >= 4 is 41.3 Å². The van der Waals surface area contributed by atoms with Crippen LogP contribution in [0.2, 0.25) is 0 Å². The number of carbonyl (C=O) groups excluding carboxylic acids is 5. The van der Waals surface area contributed by atoms with Crippen LogP contribution in [0.15, 0.2) is 42.6 Å². The number of carbonyl (C=O) groups is 6. The lowest BCUT2D eigenvalue weighted by molar-refractivity contribution is -0.154. The van der Waals surface area contributed by atoms with Crippen LogP contribution in [0, 0.1) is 5.41 Å². The van der Waals surface area contributed by atoms with Gasteiger partial charge in [-0.1, -0.05) is 12.6 Å². The molecule has 0 saturated heterocycles. The van der Waals surface area contributed by atoms with Crippen molar-refractivity contribution in [2.45, 2.75) is 66.0 Å². The van der Waals surface area contributed by atoms with Gasteiger partial charge in [0.1, 0.15) is 19.2 Å². The second-order valence-corrected chi connectivity index (χ2v) is 10.7. The van der Waals surface area contributed by atoms with Gasteiger partial charge in [0.2, 0.25) is 17.7 Å². The molecule has 2 rings (SSSR count). The smallest absolute Gasteiger partial charge is 0.311 e. The molecule has 12 nitrogen and oxygen atoms in total. The molecular weight excluding hydrogens is 532 g/mol. The number of hydrogen-bond donors (Lipinski definition) is 4. The predicted molar refractivity (Wildman–Crippen MR) is 150 cm³/mol. The first kappa shape index (κ1) is 32.7. The number of anilines is 1. The Morgan fingerprint density at radius 3 is 2.37 bits per heavy atom. The fourth-order valence-corrected chi connectivity index (χ4v) is 3.68. The summed E-state index contributed by atoms with van der Waals surface area (Å²) < 4.78 is 5.44. The molecule has 41 heavy (non-hydrogen) atoms. The zero-order valence-corrected chi connectivity index (χ0v) is 23.9. The first-order chi connectivity index (χ1) is 19.2. The number of carboxylic acids is 1. The maximum absolute atomic E-state index is 12.7. The van der Waals surface area contributed by atoms with E-state index in [9.17, 15) is 28.8 Å². The zero-order chi connectivity index (χ0) is 30.7. The van der Waals surface area contributed by atoms with E-state index in [0.717, 1.165) is 11.1 Å². The fourth-order valence-electron chi connectivity index (χ4n) is 3.68. The van der Waals surface area contributed by atoms with Gasteiger partial charge in [0.15, 0.2) is 0 Å². The predicted octanol–water partition coefficient (Wildman–Crippen LogP) is 2.04. The van der Waals surface area contributed by atoms with E-state index < -0.39 is 35.1 Å². The number of nitrogens with zero attached hydrogens (tertiary/aromatic N) is 1. The van der Waals surface area contributed by atoms with Crippen molar-refractivity contribution in [3.8, 4) is 0 Å². The van der Waals surface area contributed by atoms with Gasteiger partial charge < -0.3 is 30.7 Å². The second-order valence-electron chi connectivity index (χ2n) is 10.7. The molecule has 0 saturated carbocycles. The highest BCUT2D eigenvalue weighted by molar-refractivity contribution is 5.98. The largest absolute Gasteiger partial charge is 0.481 e. The van der Waals surface area contributed by atoms with Crippen LogP contribution in [-0.2, 0) is 46.5 Å². The van der Waals surface area contributed by atoms with E-state index in [1.807, 2.05) is 0 Å². The Hall–Kier alpha value is -4.48. The Kier molecular flexibility index (Phi) is 11.8. The molecule has 4 amide bonds. The lowest BCUT2D eigenvalue weighted by Gasteiger charge is -2.19. The molecule has 1 aromatic carbocycles. The summed E-state index contributed by atoms with van der Waals surface area (Å²) in [6.45, 7) is 9.77. The molecule has 4 N–H and O–H groups in total. The van der Waals surface area contributed by atoms with E-state index in [-0.39, 0.29) is 38.0 Å². The molecule has 1 aliphatic rings. The monoisotopic (exact) mass is 570 g/mol. The maximum atomic E-state index is 12.7. The van der Waals surface area contributed by atoms with E-state index >= 15 is 0 Å². The van der Waals surface area contributed by atoms with Gasteiger partial charge >= 0.3 is 11.9 Å². The normalized spacial score (nSPS) is 13.5. The van der Waals surface area contributed by atoms with Crippen molar-refractivity contribution < 1.29 is 38.6 Å². The van der Waals surface area contributed by atoms with Crippen molar-refractivity contribution in [1.29, 1.82) is 0 Å². The summed E-state index contributed by atoms with van der Waals surface area (Å²) >= 11 is 0. The Morgan fingerprint density at radius 1 is 1.05 bits per heavy atom. The molecule has 1 unspecified atom stereocenters. The van der Waals surface area contributed by atoms with Crippen molar-refractivity contribution in [3.05, 3.63) is 53.8 Å². The molecule has 1 atom stereocenters. The van der Waals surface area contributed by atoms with E-state index in [4.69, 9.17) is 9.84 Å². The molecular formula is C29H38N4O8. The summed E-state index contributed by atoms with van der Waals surface area (Å²) in [7, 11) is 0. The van der Waals surface area contributed by atoms with Crippen molar-refractivity contribution in [2.24, 2.45) is 5.41 Å². The lowest BCUT2D eigenvalue weighted by atomic mass is 9.97. The van der Waals surface area contributed by atoms with E-state index in [1.54, 1.807) is 39.0 Å². The number of aryl methyl sites for hydroxylation is 1. The van der Waals surface area contributed by atoms with Crippen molar-refractivity contribution in [2.75, 3.05) is 18.4 Å². The molecule has 0 bridgehead atoms. The summed E-state index contributed by atoms with van der Waals surface area (Å²) in [6.07, 6.45) is 4.37. The molecule has 0 spiro atoms. The summed E-state index contributed by atoms with van der Waals surface area (Å²) in [6, 6.07) is 4.17. The van der Waals surface area contributed by atoms with Crippen LogP contribution >= 0.6 is 0 Å². The van der Waals surface area contributed by atoms with Gasteiger partial charge in [0, 0.05) is 23.9 Å². The highest BCUT2D eigenvalue weighted by Crippen LogP contribution is 2.22. The van der Waals surface area contributed by atoms with Crippen LogP contribution in [0.1, 0.15) is 58.1 Å². The van der Waals surface area contributed by atoms with Gasteiger partial charge in [0.05, 0.1) is 12.0 Å². The minimum absolute atomic E-state index is 0.0331. The topological polar surface area (TPSA) is 171 Å². The number of unbranched alkanes of at least 4 members (excludes halogenated alkanes) is 1. The zero-order valence-electron chi connectivity index (χ0n) is 23.9. The molecule has 0 aliphatic carbocycles. The van der Waals surface area contributed by atoms with Gasteiger partial charge in [-0.05, 0) is 76.3 Å². The van der Waals surface area contributed by atoms with Crippen molar-refractivity contribution in [1.82, 2.24) is 15.5 Å². The first-order valence-corrected chi connectivity index (χ1v) is 13.2. The summed E-state index contributed by atoms with van der Waals surface area (Å²) in [5, 5.41) is 16.5. The third kappa shape index (κ3) is 10.9. The molecule has 1 aromatic rings. The quantitative estimate of drug-likeness (QED) is 0.194. The number of nitrogens with one attached hydrogen (secondary N) is 3. The van der Waals surface area contributed by atoms with Crippen LogP contribution < -0.4 is 16.0 Å². The van der Waals surface area contributed by atoms with Gasteiger partial charge in [-0.25, -0.2) is 0 Å². The number of allylic oxidation sites excluding steroid dienone is 1. The van der Waals surface area contributed by atoms with Crippen LogP contribution in [0.25, 0.3) is 0 Å². The van der Waals surface area contributed by atoms with Gasteiger partial charge in [0.25, 0.3) is 5.91 Å². The summed E-state index contributed by atoms with van der Waals surface area (Å²) in [5.41, 5.74) is 1.69. The van der Waals surface area contributed by atoms with Crippen LogP contribution in [0.4, 0.5) is 5.69 Å². The van der Waals surface area contributed by atoms with Gasteiger partial charge in [-0.2, -0.15) is 0 Å². The van der Waals surface area contributed by atoms with Crippen LogP contribution in [-0.4, -0.2) is 64.7 Å². The van der Waals surface area contributed by atoms with Gasteiger partial charge in [-0.15, -0.1) is 0 Å². The summed E-state index contributed by atoms with van der Waals surface area (Å²) in [4.78, 5) is 73.0. The SMILES string of the molecule is C=C1C=CC(=O)N1CC(=O)NCC(=O)NC(C)C(=O)Nc1ccc(COC(=O)C(C)(C)C)c(CCCCC(=O)O)c1. The van der Waals surface area contributed by atoms with E-state index in [1.165, 1.54) is 24.0 Å². The number of esters is 1. The number of aliphatic carboxylic acids is 1. The Labute approximate surface area is 239 Å². The minimum atomic E-state index is -0.935. The number of benzene rings is 1. The Bertz CT molecular complexity index is 1210. The fraction of sp³-hybridized carbons (Fsp3) is 0.448. The molecule has 1 aliphatic heterocycles. The highest BCUT2D eigenvalue weighted by atomic mass is 16.5. The number of rotatable bonds is 14. The van der Waals surface area contributed by atoms with Crippen LogP contribution in [0.5, 0.6) is 0 Å². The minimum Gasteiger partial charge on any atom is -0.481 e. The number of amides is 4. The Morgan fingerprint density at radius 2 is 1.76 bits per heavy atom. The third-order valence-corrected chi connectivity index (χ3v) is 6.08. The first-order valence-electron chi connectivity index (χ1n) is 13.2. The number of carboxylic acid groups (broad SMARTS) is 1. The average Bonchev–Trinajstić information content (AvgIpc) is 3.20. The molecule has 1 heterocycles. The Balaban J connectivity index is 1.94. The number of ether oxygens (including phenoxy) is 1. The highest BCUT2D eigenvalue weighted by Gasteiger charge is 2.24. The summed E-state index contributed by atoms with van der Waals surface area (Å²) in [5.74, 6) is -3.27. The average molecular weight is 571 g/mol. The standard InChI is InChI=1S/C29H38N4O8/c1-18-10-13-25(36)33(18)16-24(35)30-15-23(34)31-19(2)27(39)32-22-12-11-21(17-41-28(40)29(3,4)5)20(14-22)8-6-7-9-26(37)38/h10-14,19H,1,6-9,15-17H2,2-5H3,(H,30,35)(H,31,34)(H,32,39)(H,37,38). The molecule has 12 heteroatoms. The van der Waals surface area contributed by atoms with E-state index in [2.05, 4.69) is 22.5 Å². The molecule has 222 valence electrons. The number of hydrogen-bond acceptors (Lipinski definition) is 7. The molecule has 0 radical (unpaired) electrons. The third-order valence-electron chi connectivity index (χ3n) is 6.08. The molecule has 0 fully saturated rings. The van der Waals surface area contributed by atoms with E-state index in [0.29, 0.717) is 30.6 Å². The molecule has 0 aromatic heterocycles. The second kappa shape index (κ2) is 14.8. The van der Waals surface area contributed by atoms with Crippen LogP contribution in [0.3, 0.4) is 0 Å². The maximum Gasteiger partial charge on any atom is 0.311 e. The van der Waals surface area contributed by atoms with Gasteiger partial charge in [-0.3, -0.25) is 28.8 Å². The van der Waals surface area contributed by atoms with Crippen molar-refractivity contribution in [3.63, 3.8) is 0 Å².